The maximum Gasteiger partial charge on any atom is 0.232 e. The lowest BCUT2D eigenvalue weighted by atomic mass is 9.70. The summed E-state index contributed by atoms with van der Waals surface area (Å²) in [5.74, 6) is 2.38. The molecule has 1 saturated heterocycles. The van der Waals surface area contributed by atoms with Gasteiger partial charge in [-0.25, -0.2) is 0 Å². The summed E-state index contributed by atoms with van der Waals surface area (Å²) >= 11 is 0. The zero-order chi connectivity index (χ0) is 10.7. The summed E-state index contributed by atoms with van der Waals surface area (Å²) in [6.07, 6.45) is 11.2. The summed E-state index contributed by atoms with van der Waals surface area (Å²) in [5.41, 5.74) is 0.340. The maximum absolute atomic E-state index is 11.4. The van der Waals surface area contributed by atoms with Crippen molar-refractivity contribution in [1.29, 1.82) is 0 Å². The van der Waals surface area contributed by atoms with Crippen LogP contribution in [0.15, 0.2) is 0 Å². The van der Waals surface area contributed by atoms with Crippen molar-refractivity contribution in [1.82, 2.24) is 10.6 Å². The lowest BCUT2D eigenvalue weighted by Crippen LogP contribution is -2.59. The van der Waals surface area contributed by atoms with Gasteiger partial charge in [0.25, 0.3) is 0 Å². The van der Waals surface area contributed by atoms with Gasteiger partial charge in [-0.15, -0.1) is 6.42 Å². The molecule has 2 N–H and O–H groups in total. The Kier molecular flexibility index (Phi) is 2.97. The van der Waals surface area contributed by atoms with Crippen LogP contribution in [0, 0.1) is 12.3 Å². The van der Waals surface area contributed by atoms with Crippen molar-refractivity contribution in [2.45, 2.75) is 50.1 Å². The minimum atomic E-state index is -0.00104. The molecule has 3 nitrogen and oxygen atoms in total. The van der Waals surface area contributed by atoms with E-state index in [2.05, 4.69) is 16.6 Å². The van der Waals surface area contributed by atoms with Crippen molar-refractivity contribution < 1.29 is 4.79 Å². The van der Waals surface area contributed by atoms with Crippen LogP contribution in [-0.4, -0.2) is 24.0 Å². The van der Waals surface area contributed by atoms with Crippen LogP contribution < -0.4 is 10.6 Å². The first kappa shape index (κ1) is 10.5. The third-order valence-corrected chi connectivity index (χ3v) is 3.57. The Bertz CT molecular complexity index is 288. The topological polar surface area (TPSA) is 41.1 Å². The SMILES string of the molecule is C#CCC(=O)NC1CCNC2(CCC2)C1. The van der Waals surface area contributed by atoms with Crippen molar-refractivity contribution in [2.75, 3.05) is 6.54 Å². The Balaban J connectivity index is 1.83. The van der Waals surface area contributed by atoms with Gasteiger partial charge in [0.05, 0.1) is 6.42 Å². The summed E-state index contributed by atoms with van der Waals surface area (Å²) in [7, 11) is 0. The van der Waals surface area contributed by atoms with E-state index in [1.807, 2.05) is 0 Å². The summed E-state index contributed by atoms with van der Waals surface area (Å²) in [5, 5.41) is 6.60. The average Bonchev–Trinajstić information content (AvgIpc) is 2.16. The van der Waals surface area contributed by atoms with Crippen LogP contribution in [0.1, 0.15) is 38.5 Å². The van der Waals surface area contributed by atoms with Gasteiger partial charge in [-0.1, -0.05) is 5.92 Å². The summed E-state index contributed by atoms with van der Waals surface area (Å²) in [6, 6.07) is 0.326. The van der Waals surface area contributed by atoms with Crippen LogP contribution in [-0.2, 0) is 4.79 Å². The van der Waals surface area contributed by atoms with E-state index in [9.17, 15) is 4.79 Å². The smallest absolute Gasteiger partial charge is 0.232 e. The quantitative estimate of drug-likeness (QED) is 0.656. The fourth-order valence-corrected chi connectivity index (χ4v) is 2.64. The van der Waals surface area contributed by atoms with Gasteiger partial charge in [0.2, 0.25) is 5.91 Å². The minimum Gasteiger partial charge on any atom is -0.352 e. The van der Waals surface area contributed by atoms with Gasteiger partial charge >= 0.3 is 0 Å². The van der Waals surface area contributed by atoms with E-state index in [0.717, 1.165) is 19.4 Å². The second-order valence-corrected chi connectivity index (χ2v) is 4.70. The normalized spacial score (nSPS) is 27.8. The van der Waals surface area contributed by atoms with Crippen LogP contribution in [0.2, 0.25) is 0 Å². The molecule has 1 unspecified atom stereocenters. The van der Waals surface area contributed by atoms with Gasteiger partial charge in [-0.05, 0) is 38.6 Å². The standard InChI is InChI=1S/C12H18N2O/c1-2-4-11(15)14-10-5-8-13-12(9-10)6-3-7-12/h1,10,13H,3-9H2,(H,14,15). The molecular formula is C12H18N2O. The molecule has 1 aliphatic carbocycles. The first-order valence-electron chi connectivity index (χ1n) is 5.72. The Morgan fingerprint density at radius 1 is 1.60 bits per heavy atom. The molecule has 1 heterocycles. The second-order valence-electron chi connectivity index (χ2n) is 4.70. The fraction of sp³-hybridized carbons (Fsp3) is 0.750. The Morgan fingerprint density at radius 3 is 3.00 bits per heavy atom. The van der Waals surface area contributed by atoms with Crippen molar-refractivity contribution in [3.8, 4) is 12.3 Å². The second kappa shape index (κ2) is 4.24. The highest BCUT2D eigenvalue weighted by atomic mass is 16.1. The van der Waals surface area contributed by atoms with Gasteiger partial charge in [-0.3, -0.25) is 4.79 Å². The van der Waals surface area contributed by atoms with Crippen molar-refractivity contribution in [3.63, 3.8) is 0 Å². The highest BCUT2D eigenvalue weighted by molar-refractivity contribution is 5.78. The summed E-state index contributed by atoms with van der Waals surface area (Å²) in [4.78, 5) is 11.4. The number of rotatable bonds is 2. The molecule has 2 rings (SSSR count). The zero-order valence-electron chi connectivity index (χ0n) is 9.01. The van der Waals surface area contributed by atoms with Crippen LogP contribution >= 0.6 is 0 Å². The molecule has 2 fully saturated rings. The lowest BCUT2D eigenvalue weighted by Gasteiger charge is -2.48. The third-order valence-electron chi connectivity index (χ3n) is 3.57. The van der Waals surface area contributed by atoms with Gasteiger partial charge in [0, 0.05) is 11.6 Å². The number of terminal acetylenes is 1. The van der Waals surface area contributed by atoms with Gasteiger partial charge < -0.3 is 10.6 Å². The molecule has 1 saturated carbocycles. The molecule has 2 aliphatic rings. The molecule has 3 heteroatoms. The summed E-state index contributed by atoms with van der Waals surface area (Å²) < 4.78 is 0. The van der Waals surface area contributed by atoms with Gasteiger partial charge in [-0.2, -0.15) is 0 Å². The first-order valence-corrected chi connectivity index (χ1v) is 5.72. The predicted octanol–water partition coefficient (Wildman–Crippen LogP) is 0.801. The number of piperidine rings is 1. The van der Waals surface area contributed by atoms with Crippen molar-refractivity contribution >= 4 is 5.91 Å². The molecular weight excluding hydrogens is 188 g/mol. The molecule has 1 spiro atoms. The number of carbonyl (C=O) groups is 1. The minimum absolute atomic E-state index is 0.00104. The van der Waals surface area contributed by atoms with E-state index in [4.69, 9.17) is 6.42 Å². The first-order chi connectivity index (χ1) is 7.24. The molecule has 15 heavy (non-hydrogen) atoms. The van der Waals surface area contributed by atoms with E-state index in [1.165, 1.54) is 19.3 Å². The Labute approximate surface area is 91.0 Å². The summed E-state index contributed by atoms with van der Waals surface area (Å²) in [6.45, 7) is 1.01. The van der Waals surface area contributed by atoms with Crippen LogP contribution in [0.5, 0.6) is 0 Å². The highest BCUT2D eigenvalue weighted by Crippen LogP contribution is 2.38. The number of hydrogen-bond donors (Lipinski definition) is 2. The molecule has 1 amide bonds. The maximum atomic E-state index is 11.4. The average molecular weight is 206 g/mol. The van der Waals surface area contributed by atoms with Crippen molar-refractivity contribution in [2.24, 2.45) is 0 Å². The molecule has 1 atom stereocenters. The lowest BCUT2D eigenvalue weighted by molar-refractivity contribution is -0.121. The van der Waals surface area contributed by atoms with E-state index < -0.39 is 0 Å². The molecule has 0 bridgehead atoms. The molecule has 0 aromatic rings. The molecule has 0 radical (unpaired) electrons. The number of amides is 1. The number of nitrogens with one attached hydrogen (secondary N) is 2. The number of hydrogen-bond acceptors (Lipinski definition) is 2. The molecule has 82 valence electrons. The van der Waals surface area contributed by atoms with Crippen molar-refractivity contribution in [3.05, 3.63) is 0 Å². The monoisotopic (exact) mass is 206 g/mol. The molecule has 1 aliphatic heterocycles. The Morgan fingerprint density at radius 2 is 2.40 bits per heavy atom. The number of carbonyl (C=O) groups excluding carboxylic acids is 1. The Hall–Kier alpha value is -1.01. The van der Waals surface area contributed by atoms with Gasteiger partial charge in [0.1, 0.15) is 0 Å². The third kappa shape index (κ3) is 2.32. The molecule has 0 aromatic heterocycles. The largest absolute Gasteiger partial charge is 0.352 e. The van der Waals surface area contributed by atoms with E-state index >= 15 is 0 Å². The fourth-order valence-electron chi connectivity index (χ4n) is 2.64. The van der Waals surface area contributed by atoms with E-state index in [-0.39, 0.29) is 12.3 Å². The van der Waals surface area contributed by atoms with Gasteiger partial charge in [0.15, 0.2) is 0 Å². The highest BCUT2D eigenvalue weighted by Gasteiger charge is 2.41. The van der Waals surface area contributed by atoms with E-state index in [0.29, 0.717) is 11.6 Å². The van der Waals surface area contributed by atoms with Crippen LogP contribution in [0.4, 0.5) is 0 Å². The van der Waals surface area contributed by atoms with E-state index in [1.54, 1.807) is 0 Å². The van der Waals surface area contributed by atoms with Crippen LogP contribution in [0.25, 0.3) is 0 Å². The molecule has 0 aromatic carbocycles. The van der Waals surface area contributed by atoms with Crippen LogP contribution in [0.3, 0.4) is 0 Å². The zero-order valence-corrected chi connectivity index (χ0v) is 9.01. The predicted molar refractivity (Wildman–Crippen MR) is 59.2 cm³/mol.